The first-order valence-electron chi connectivity index (χ1n) is 8.21. The van der Waals surface area contributed by atoms with E-state index in [2.05, 4.69) is 26.8 Å². The zero-order valence-electron chi connectivity index (χ0n) is 14.2. The Balaban J connectivity index is 1.94. The van der Waals surface area contributed by atoms with Crippen molar-refractivity contribution in [2.45, 2.75) is 51.7 Å². The summed E-state index contributed by atoms with van der Waals surface area (Å²) in [5, 5.41) is 10.8. The maximum atomic E-state index is 14.1. The number of anilines is 1. The second-order valence-electron chi connectivity index (χ2n) is 7.38. The Labute approximate surface area is 135 Å². The highest BCUT2D eigenvalue weighted by atomic mass is 19.1. The molecule has 0 bridgehead atoms. The first kappa shape index (κ1) is 16.2. The van der Waals surface area contributed by atoms with Gasteiger partial charge < -0.3 is 15.0 Å². The van der Waals surface area contributed by atoms with Crippen LogP contribution in [0.25, 0.3) is 11.0 Å². The molecule has 3 rings (SSSR count). The normalized spacial score (nSPS) is 25.7. The van der Waals surface area contributed by atoms with E-state index in [1.54, 1.807) is 0 Å². The van der Waals surface area contributed by atoms with Gasteiger partial charge in [-0.25, -0.2) is 14.4 Å². The third-order valence-electron chi connectivity index (χ3n) is 5.39. The van der Waals surface area contributed by atoms with Gasteiger partial charge >= 0.3 is 0 Å². The average molecular weight is 320 g/mol. The minimum absolute atomic E-state index is 0.215. The number of hydrogen-bond acceptors (Lipinski definition) is 4. The molecule has 6 heteroatoms. The van der Waals surface area contributed by atoms with E-state index in [4.69, 9.17) is 0 Å². The van der Waals surface area contributed by atoms with Crippen LogP contribution in [0.5, 0.6) is 0 Å². The molecule has 5 nitrogen and oxygen atoms in total. The van der Waals surface area contributed by atoms with Crippen LogP contribution >= 0.6 is 0 Å². The highest BCUT2D eigenvalue weighted by Crippen LogP contribution is 2.39. The van der Waals surface area contributed by atoms with Crippen LogP contribution in [0.1, 0.15) is 40.0 Å². The summed E-state index contributed by atoms with van der Waals surface area (Å²) in [6.07, 6.45) is 5.73. The molecule has 0 amide bonds. The van der Waals surface area contributed by atoms with Gasteiger partial charge in [-0.05, 0) is 44.9 Å². The molecule has 1 saturated carbocycles. The smallest absolute Gasteiger partial charge is 0.153 e. The summed E-state index contributed by atoms with van der Waals surface area (Å²) in [5.41, 5.74) is -0.179. The molecule has 1 aliphatic rings. The number of aliphatic hydroxyl groups is 1. The van der Waals surface area contributed by atoms with Gasteiger partial charge in [0.15, 0.2) is 5.82 Å². The van der Waals surface area contributed by atoms with Crippen LogP contribution in [-0.4, -0.2) is 38.7 Å². The van der Waals surface area contributed by atoms with E-state index in [-0.39, 0.29) is 17.8 Å². The van der Waals surface area contributed by atoms with Gasteiger partial charge in [0.25, 0.3) is 0 Å². The van der Waals surface area contributed by atoms with Gasteiger partial charge in [0.2, 0.25) is 0 Å². The molecule has 2 N–H and O–H groups in total. The lowest BCUT2D eigenvalue weighted by Gasteiger charge is -2.44. The molecule has 23 heavy (non-hydrogen) atoms. The van der Waals surface area contributed by atoms with Crippen molar-refractivity contribution >= 4 is 16.9 Å². The number of halogens is 1. The maximum absolute atomic E-state index is 14.1. The predicted molar refractivity (Wildman–Crippen MR) is 88.8 cm³/mol. The quantitative estimate of drug-likeness (QED) is 0.912. The standard InChI is InChI=1S/C17H25FN4O/c1-10-5-6-11(17(2,3)23)7-13(10)22(4)16-14-12(18)8-19-15(14)20-9-21-16/h8-11,13,23H,5-7H2,1-4H3,(H,19,20,21). The van der Waals surface area contributed by atoms with Crippen molar-refractivity contribution in [3.8, 4) is 0 Å². The summed E-state index contributed by atoms with van der Waals surface area (Å²) in [7, 11) is 1.96. The van der Waals surface area contributed by atoms with Crippen molar-refractivity contribution < 1.29 is 9.50 Å². The maximum Gasteiger partial charge on any atom is 0.153 e. The van der Waals surface area contributed by atoms with Gasteiger partial charge in [-0.15, -0.1) is 0 Å². The number of H-pyrrole nitrogens is 1. The second kappa shape index (κ2) is 5.74. The zero-order chi connectivity index (χ0) is 16.8. The lowest BCUT2D eigenvalue weighted by molar-refractivity contribution is -0.00941. The molecule has 2 aromatic heterocycles. The van der Waals surface area contributed by atoms with Crippen molar-refractivity contribution in [2.75, 3.05) is 11.9 Å². The Morgan fingerprint density at radius 2 is 2.09 bits per heavy atom. The molecule has 0 saturated heterocycles. The number of aromatic nitrogens is 3. The number of nitrogens with zero attached hydrogens (tertiary/aromatic N) is 3. The van der Waals surface area contributed by atoms with E-state index in [9.17, 15) is 9.50 Å². The van der Waals surface area contributed by atoms with E-state index in [0.29, 0.717) is 22.8 Å². The van der Waals surface area contributed by atoms with Gasteiger partial charge in [-0.2, -0.15) is 0 Å². The van der Waals surface area contributed by atoms with Gasteiger partial charge in [0.05, 0.1) is 11.0 Å². The molecular formula is C17H25FN4O. The van der Waals surface area contributed by atoms with Crippen molar-refractivity contribution in [2.24, 2.45) is 11.8 Å². The fraction of sp³-hybridized carbons (Fsp3) is 0.647. The predicted octanol–water partition coefficient (Wildman–Crippen LogP) is 3.11. The van der Waals surface area contributed by atoms with E-state index < -0.39 is 5.60 Å². The molecule has 0 aliphatic heterocycles. The molecule has 3 atom stereocenters. The van der Waals surface area contributed by atoms with Gasteiger partial charge in [0.1, 0.15) is 17.8 Å². The van der Waals surface area contributed by atoms with Gasteiger partial charge in [-0.3, -0.25) is 0 Å². The van der Waals surface area contributed by atoms with E-state index >= 15 is 0 Å². The summed E-state index contributed by atoms with van der Waals surface area (Å²) in [6, 6.07) is 0.215. The molecular weight excluding hydrogens is 295 g/mol. The van der Waals surface area contributed by atoms with Crippen LogP contribution in [0.3, 0.4) is 0 Å². The van der Waals surface area contributed by atoms with Crippen LogP contribution in [0.15, 0.2) is 12.5 Å². The minimum atomic E-state index is -0.695. The van der Waals surface area contributed by atoms with Crippen LogP contribution < -0.4 is 4.90 Å². The molecule has 2 heterocycles. The molecule has 126 valence electrons. The summed E-state index contributed by atoms with van der Waals surface area (Å²) in [6.45, 7) is 5.96. The van der Waals surface area contributed by atoms with E-state index in [0.717, 1.165) is 19.3 Å². The number of fused-ring (bicyclic) bond motifs is 1. The van der Waals surface area contributed by atoms with E-state index in [1.165, 1.54) is 12.5 Å². The largest absolute Gasteiger partial charge is 0.390 e. The first-order chi connectivity index (χ1) is 10.8. The Kier molecular flexibility index (Phi) is 4.04. The number of nitrogens with one attached hydrogen (secondary N) is 1. The fourth-order valence-electron chi connectivity index (χ4n) is 3.81. The Bertz CT molecular complexity index is 693. The zero-order valence-corrected chi connectivity index (χ0v) is 14.2. The summed E-state index contributed by atoms with van der Waals surface area (Å²) >= 11 is 0. The third-order valence-corrected chi connectivity index (χ3v) is 5.39. The first-order valence-corrected chi connectivity index (χ1v) is 8.21. The summed E-state index contributed by atoms with van der Waals surface area (Å²) in [4.78, 5) is 13.3. The van der Waals surface area contributed by atoms with Crippen molar-refractivity contribution in [1.29, 1.82) is 0 Å². The Morgan fingerprint density at radius 1 is 1.35 bits per heavy atom. The lowest BCUT2D eigenvalue weighted by Crippen LogP contribution is -2.46. The minimum Gasteiger partial charge on any atom is -0.390 e. The second-order valence-corrected chi connectivity index (χ2v) is 7.38. The number of aromatic amines is 1. The fourth-order valence-corrected chi connectivity index (χ4v) is 3.81. The number of rotatable bonds is 3. The monoisotopic (exact) mass is 320 g/mol. The molecule has 0 radical (unpaired) electrons. The van der Waals surface area contributed by atoms with Gasteiger partial charge in [-0.1, -0.05) is 6.92 Å². The Hall–Kier alpha value is -1.69. The van der Waals surface area contributed by atoms with Crippen molar-refractivity contribution in [3.05, 3.63) is 18.3 Å². The highest BCUT2D eigenvalue weighted by molar-refractivity contribution is 5.88. The van der Waals surface area contributed by atoms with Crippen LogP contribution in [0, 0.1) is 17.7 Å². The molecule has 1 fully saturated rings. The molecule has 2 aromatic rings. The molecule has 3 unspecified atom stereocenters. The highest BCUT2D eigenvalue weighted by Gasteiger charge is 2.37. The molecule has 0 aromatic carbocycles. The SMILES string of the molecule is CC1CCC(C(C)(C)O)CC1N(C)c1ncnc2[nH]cc(F)c12. The Morgan fingerprint density at radius 3 is 2.78 bits per heavy atom. The number of hydrogen-bond donors (Lipinski definition) is 2. The van der Waals surface area contributed by atoms with Crippen molar-refractivity contribution in [1.82, 2.24) is 15.0 Å². The summed E-state index contributed by atoms with van der Waals surface area (Å²) < 4.78 is 14.1. The van der Waals surface area contributed by atoms with Gasteiger partial charge in [0, 0.05) is 19.3 Å². The van der Waals surface area contributed by atoms with E-state index in [1.807, 2.05) is 20.9 Å². The topological polar surface area (TPSA) is 65.0 Å². The average Bonchev–Trinajstić information content (AvgIpc) is 2.87. The van der Waals surface area contributed by atoms with Crippen LogP contribution in [-0.2, 0) is 0 Å². The molecule has 0 spiro atoms. The van der Waals surface area contributed by atoms with Crippen molar-refractivity contribution in [3.63, 3.8) is 0 Å². The van der Waals surface area contributed by atoms with Crippen LogP contribution in [0.4, 0.5) is 10.2 Å². The molecule has 1 aliphatic carbocycles. The lowest BCUT2D eigenvalue weighted by atomic mass is 9.72. The third kappa shape index (κ3) is 2.92. The summed E-state index contributed by atoms with van der Waals surface area (Å²) in [5.74, 6) is 0.983. The van der Waals surface area contributed by atoms with Crippen LogP contribution in [0.2, 0.25) is 0 Å².